The third-order valence-corrected chi connectivity index (χ3v) is 5.81. The Hall–Kier alpha value is -2.91. The van der Waals surface area contributed by atoms with E-state index >= 15 is 0 Å². The van der Waals surface area contributed by atoms with Crippen molar-refractivity contribution in [3.8, 4) is 11.5 Å². The Morgan fingerprint density at radius 3 is 2.25 bits per heavy atom. The molecular weight excluding hydrogens is 380 g/mol. The fraction of sp³-hybridized carbons (Fsp3) is 0.263. The highest BCUT2D eigenvalue weighted by atomic mass is 32.2. The Labute approximate surface area is 164 Å². The maximum atomic E-state index is 13.2. The largest absolute Gasteiger partial charge is 0.493 e. The fourth-order valence-corrected chi connectivity index (χ4v) is 4.30. The first kappa shape index (κ1) is 19.8. The van der Waals surface area contributed by atoms with Crippen LogP contribution in [0.1, 0.15) is 28.8 Å². The lowest BCUT2D eigenvalue weighted by Gasteiger charge is -2.18. The van der Waals surface area contributed by atoms with Crippen molar-refractivity contribution in [2.75, 3.05) is 14.2 Å². The normalized spacial score (nSPS) is 12.6. The van der Waals surface area contributed by atoms with Gasteiger partial charge in [0.25, 0.3) is 0 Å². The lowest BCUT2D eigenvalue weighted by molar-refractivity contribution is 0.353. The Balaban J connectivity index is 2.05. The van der Waals surface area contributed by atoms with Crippen molar-refractivity contribution in [3.05, 3.63) is 65.2 Å². The number of nitrogens with zero attached hydrogens (tertiary/aromatic N) is 2. The van der Waals surface area contributed by atoms with Crippen molar-refractivity contribution in [1.82, 2.24) is 19.9 Å². The van der Waals surface area contributed by atoms with Crippen molar-refractivity contribution in [3.63, 3.8) is 0 Å². The third-order valence-electron chi connectivity index (χ3n) is 4.25. The van der Waals surface area contributed by atoms with Gasteiger partial charge in [0.1, 0.15) is 11.9 Å². The van der Waals surface area contributed by atoms with Crippen LogP contribution in [0.25, 0.3) is 0 Å². The van der Waals surface area contributed by atoms with Gasteiger partial charge in [-0.1, -0.05) is 30.3 Å². The van der Waals surface area contributed by atoms with E-state index in [-0.39, 0.29) is 4.90 Å². The summed E-state index contributed by atoms with van der Waals surface area (Å²) >= 11 is 0. The van der Waals surface area contributed by atoms with E-state index in [0.29, 0.717) is 28.7 Å². The molecule has 2 N–H and O–H groups in total. The Morgan fingerprint density at radius 1 is 1.04 bits per heavy atom. The van der Waals surface area contributed by atoms with E-state index in [9.17, 15) is 8.42 Å². The number of rotatable bonds is 7. The molecule has 1 unspecified atom stereocenters. The molecule has 0 aliphatic rings. The van der Waals surface area contributed by atoms with E-state index in [1.807, 2.05) is 30.3 Å². The molecule has 0 spiro atoms. The Kier molecular flexibility index (Phi) is 5.66. The van der Waals surface area contributed by atoms with Crippen LogP contribution in [0.3, 0.4) is 0 Å². The van der Waals surface area contributed by atoms with E-state index in [2.05, 4.69) is 19.9 Å². The molecule has 0 bridgehead atoms. The first-order valence-corrected chi connectivity index (χ1v) is 10.0. The van der Waals surface area contributed by atoms with Gasteiger partial charge in [-0.2, -0.15) is 9.82 Å². The lowest BCUT2D eigenvalue weighted by Crippen LogP contribution is -2.30. The van der Waals surface area contributed by atoms with Gasteiger partial charge in [0.05, 0.1) is 19.1 Å². The quantitative estimate of drug-likeness (QED) is 0.629. The van der Waals surface area contributed by atoms with Gasteiger partial charge in [0.15, 0.2) is 17.3 Å². The number of hydrogen-bond donors (Lipinski definition) is 2. The Morgan fingerprint density at radius 2 is 1.68 bits per heavy atom. The van der Waals surface area contributed by atoms with E-state index in [1.165, 1.54) is 20.3 Å². The van der Waals surface area contributed by atoms with Crippen molar-refractivity contribution >= 4 is 10.0 Å². The monoisotopic (exact) mass is 402 g/mol. The molecule has 2 aromatic carbocycles. The summed E-state index contributed by atoms with van der Waals surface area (Å²) < 4.78 is 39.6. The predicted octanol–water partition coefficient (Wildman–Crippen LogP) is 2.51. The van der Waals surface area contributed by atoms with Gasteiger partial charge < -0.3 is 9.47 Å². The summed E-state index contributed by atoms with van der Waals surface area (Å²) in [7, 11) is -0.955. The predicted molar refractivity (Wildman–Crippen MR) is 104 cm³/mol. The highest BCUT2D eigenvalue weighted by Crippen LogP contribution is 2.33. The third kappa shape index (κ3) is 4.00. The van der Waals surface area contributed by atoms with Gasteiger partial charge in [-0.15, -0.1) is 0 Å². The van der Waals surface area contributed by atoms with Crippen LogP contribution in [-0.4, -0.2) is 37.8 Å². The number of ether oxygens (including phenoxy) is 2. The van der Waals surface area contributed by atoms with Crippen molar-refractivity contribution in [2.24, 2.45) is 0 Å². The van der Waals surface area contributed by atoms with Crippen LogP contribution in [0.15, 0.2) is 47.4 Å². The minimum atomic E-state index is -3.91. The molecule has 0 fully saturated rings. The molecule has 0 saturated heterocycles. The number of methoxy groups -OCH3 is 2. The van der Waals surface area contributed by atoms with Crippen LogP contribution in [0.4, 0.5) is 0 Å². The molecule has 148 valence electrons. The van der Waals surface area contributed by atoms with Crippen LogP contribution in [0.5, 0.6) is 11.5 Å². The van der Waals surface area contributed by atoms with Gasteiger partial charge in [-0.25, -0.2) is 13.4 Å². The van der Waals surface area contributed by atoms with Gasteiger partial charge in [-0.05, 0) is 31.0 Å². The molecule has 3 rings (SSSR count). The highest BCUT2D eigenvalue weighted by molar-refractivity contribution is 7.89. The summed E-state index contributed by atoms with van der Waals surface area (Å²) in [4.78, 5) is 4.41. The minimum Gasteiger partial charge on any atom is -0.493 e. The zero-order chi connectivity index (χ0) is 20.3. The molecule has 1 aromatic heterocycles. The van der Waals surface area contributed by atoms with Crippen LogP contribution >= 0.6 is 0 Å². The average molecular weight is 402 g/mol. The topological polar surface area (TPSA) is 106 Å². The van der Waals surface area contributed by atoms with Crippen LogP contribution in [-0.2, 0) is 10.0 Å². The molecule has 1 atom stereocenters. The summed E-state index contributed by atoms with van der Waals surface area (Å²) in [6.45, 7) is 3.45. The van der Waals surface area contributed by atoms with E-state index in [1.54, 1.807) is 19.9 Å². The molecule has 0 radical (unpaired) electrons. The second kappa shape index (κ2) is 7.99. The van der Waals surface area contributed by atoms with Crippen LogP contribution < -0.4 is 14.2 Å². The summed E-state index contributed by atoms with van der Waals surface area (Å²) in [6, 6.07) is 11.5. The van der Waals surface area contributed by atoms with E-state index in [4.69, 9.17) is 9.47 Å². The van der Waals surface area contributed by atoms with Crippen molar-refractivity contribution in [2.45, 2.75) is 24.8 Å². The zero-order valence-corrected chi connectivity index (χ0v) is 16.9. The summed E-state index contributed by atoms with van der Waals surface area (Å²) in [5, 5.41) is 6.90. The first-order chi connectivity index (χ1) is 13.4. The van der Waals surface area contributed by atoms with Gasteiger partial charge in [-0.3, -0.25) is 5.10 Å². The Bertz CT molecular complexity index is 1060. The zero-order valence-electron chi connectivity index (χ0n) is 16.1. The molecule has 0 aliphatic carbocycles. The highest BCUT2D eigenvalue weighted by Gasteiger charge is 2.28. The number of H-pyrrole nitrogens is 1. The first-order valence-electron chi connectivity index (χ1n) is 8.54. The molecule has 8 nitrogen and oxygen atoms in total. The number of sulfonamides is 1. The molecule has 0 saturated carbocycles. The standard InChI is InChI=1S/C19H22N4O4S/c1-12-10-15(26-3)16(27-4)11-17(12)28(24,25)23-18(14-8-6-5-7-9-14)19-20-13(2)21-22-19/h5-11,18,23H,1-4H3,(H,20,21,22). The maximum absolute atomic E-state index is 13.2. The van der Waals surface area contributed by atoms with E-state index in [0.717, 1.165) is 5.56 Å². The molecule has 3 aromatic rings. The van der Waals surface area contributed by atoms with Gasteiger partial charge in [0, 0.05) is 6.07 Å². The molecule has 28 heavy (non-hydrogen) atoms. The summed E-state index contributed by atoms with van der Waals surface area (Å²) in [5.41, 5.74) is 1.26. The SMILES string of the molecule is COc1cc(C)c(S(=O)(=O)NC(c2ccccc2)c2n[nH]c(C)n2)cc1OC. The molecule has 9 heteroatoms. The second-order valence-corrected chi connectivity index (χ2v) is 7.90. The minimum absolute atomic E-state index is 0.0957. The molecular formula is C19H22N4O4S. The number of aromatic nitrogens is 3. The average Bonchev–Trinajstić information content (AvgIpc) is 3.12. The van der Waals surface area contributed by atoms with Gasteiger partial charge >= 0.3 is 0 Å². The number of aryl methyl sites for hydroxylation is 2. The number of nitrogens with one attached hydrogen (secondary N) is 2. The number of benzene rings is 2. The maximum Gasteiger partial charge on any atom is 0.241 e. The summed E-state index contributed by atoms with van der Waals surface area (Å²) in [5.74, 6) is 1.73. The van der Waals surface area contributed by atoms with Crippen molar-refractivity contribution < 1.29 is 17.9 Å². The molecule has 0 aliphatic heterocycles. The van der Waals surface area contributed by atoms with E-state index < -0.39 is 16.1 Å². The smallest absolute Gasteiger partial charge is 0.241 e. The van der Waals surface area contributed by atoms with Crippen LogP contribution in [0, 0.1) is 13.8 Å². The van der Waals surface area contributed by atoms with Crippen LogP contribution in [0.2, 0.25) is 0 Å². The molecule has 1 heterocycles. The van der Waals surface area contributed by atoms with Gasteiger partial charge in [0.2, 0.25) is 10.0 Å². The number of aromatic amines is 1. The lowest BCUT2D eigenvalue weighted by atomic mass is 10.1. The van der Waals surface area contributed by atoms with Crippen molar-refractivity contribution in [1.29, 1.82) is 0 Å². The molecule has 0 amide bonds. The number of hydrogen-bond acceptors (Lipinski definition) is 6. The second-order valence-electron chi connectivity index (χ2n) is 6.22. The summed E-state index contributed by atoms with van der Waals surface area (Å²) in [6.07, 6.45) is 0. The fourth-order valence-electron chi connectivity index (χ4n) is 2.87.